The van der Waals surface area contributed by atoms with E-state index in [0.717, 1.165) is 15.7 Å². The predicted octanol–water partition coefficient (Wildman–Crippen LogP) is 4.04. The molecule has 0 aliphatic heterocycles. The van der Waals surface area contributed by atoms with Crippen LogP contribution in [0.4, 0.5) is 5.13 Å². The van der Waals surface area contributed by atoms with Crippen molar-refractivity contribution in [1.29, 1.82) is 0 Å². The van der Waals surface area contributed by atoms with Gasteiger partial charge in [-0.2, -0.15) is 0 Å². The number of methoxy groups -OCH3 is 3. The zero-order valence-electron chi connectivity index (χ0n) is 16.3. The van der Waals surface area contributed by atoms with Gasteiger partial charge < -0.3 is 19.5 Å². The molecule has 0 saturated carbocycles. The second kappa shape index (κ2) is 10.1. The smallest absolute Gasteiger partial charge is 0.230 e. The fourth-order valence-corrected chi connectivity index (χ4v) is 4.35. The fraction of sp³-hybridized carbons (Fsp3) is 0.250. The van der Waals surface area contributed by atoms with Gasteiger partial charge in [-0.1, -0.05) is 53.4 Å². The van der Waals surface area contributed by atoms with Crippen LogP contribution in [0.1, 0.15) is 11.1 Å². The summed E-state index contributed by atoms with van der Waals surface area (Å²) in [6, 6.07) is 13.6. The van der Waals surface area contributed by atoms with Crippen LogP contribution in [0.3, 0.4) is 0 Å². The Balaban J connectivity index is 1.60. The summed E-state index contributed by atoms with van der Waals surface area (Å²) in [6.45, 7) is 0. The van der Waals surface area contributed by atoms with Gasteiger partial charge in [0.2, 0.25) is 16.8 Å². The van der Waals surface area contributed by atoms with E-state index < -0.39 is 0 Å². The predicted molar refractivity (Wildman–Crippen MR) is 114 cm³/mol. The highest BCUT2D eigenvalue weighted by atomic mass is 32.2. The molecule has 1 amide bonds. The standard InChI is InChI=1S/C20H21N3O4S2/c1-25-15-9-14(10-16(26-2)18(15)27-3)11-17(24)21-19-22-23-20(29-19)28-12-13-7-5-4-6-8-13/h4-10H,11-12H2,1-3H3,(H,21,22,24). The molecule has 2 aromatic carbocycles. The molecule has 0 aliphatic carbocycles. The second-order valence-electron chi connectivity index (χ2n) is 5.91. The molecule has 0 unspecified atom stereocenters. The van der Waals surface area contributed by atoms with Crippen molar-refractivity contribution in [3.63, 3.8) is 0 Å². The molecule has 1 heterocycles. The molecule has 29 heavy (non-hydrogen) atoms. The lowest BCUT2D eigenvalue weighted by Crippen LogP contribution is -2.14. The van der Waals surface area contributed by atoms with Crippen molar-refractivity contribution in [3.8, 4) is 17.2 Å². The van der Waals surface area contributed by atoms with Crippen molar-refractivity contribution in [2.45, 2.75) is 16.5 Å². The number of aromatic nitrogens is 2. The summed E-state index contributed by atoms with van der Waals surface area (Å²) < 4.78 is 16.8. The lowest BCUT2D eigenvalue weighted by molar-refractivity contribution is -0.115. The molecule has 1 aromatic heterocycles. The first kappa shape index (κ1) is 20.9. The van der Waals surface area contributed by atoms with E-state index in [1.165, 1.54) is 38.2 Å². The summed E-state index contributed by atoms with van der Waals surface area (Å²) in [5.41, 5.74) is 1.95. The Hall–Kier alpha value is -2.78. The molecular weight excluding hydrogens is 410 g/mol. The minimum absolute atomic E-state index is 0.142. The Morgan fingerprint density at radius 2 is 1.69 bits per heavy atom. The van der Waals surface area contributed by atoms with Crippen LogP contribution in [0.15, 0.2) is 46.8 Å². The number of rotatable bonds is 9. The molecule has 0 aliphatic rings. The zero-order valence-corrected chi connectivity index (χ0v) is 17.9. The first-order valence-corrected chi connectivity index (χ1v) is 10.5. The Labute approximate surface area is 177 Å². The van der Waals surface area contributed by atoms with Crippen molar-refractivity contribution in [2.75, 3.05) is 26.6 Å². The van der Waals surface area contributed by atoms with Crippen molar-refractivity contribution < 1.29 is 19.0 Å². The molecule has 7 nitrogen and oxygen atoms in total. The Kier molecular flexibility index (Phi) is 7.31. The van der Waals surface area contributed by atoms with E-state index in [-0.39, 0.29) is 12.3 Å². The van der Waals surface area contributed by atoms with Crippen LogP contribution in [-0.4, -0.2) is 37.4 Å². The van der Waals surface area contributed by atoms with Crippen molar-refractivity contribution in [3.05, 3.63) is 53.6 Å². The summed E-state index contributed by atoms with van der Waals surface area (Å²) in [5.74, 6) is 2.10. The lowest BCUT2D eigenvalue weighted by Gasteiger charge is -2.13. The van der Waals surface area contributed by atoms with Gasteiger partial charge in [0.15, 0.2) is 15.8 Å². The normalized spacial score (nSPS) is 10.4. The van der Waals surface area contributed by atoms with E-state index in [1.807, 2.05) is 18.2 Å². The van der Waals surface area contributed by atoms with E-state index in [4.69, 9.17) is 14.2 Å². The summed E-state index contributed by atoms with van der Waals surface area (Å²) >= 11 is 2.94. The molecule has 0 spiro atoms. The van der Waals surface area contributed by atoms with Crippen molar-refractivity contribution >= 4 is 34.1 Å². The number of anilines is 1. The molecule has 0 fully saturated rings. The molecule has 152 valence electrons. The number of carbonyl (C=O) groups excluding carboxylic acids is 1. The minimum Gasteiger partial charge on any atom is -0.493 e. The number of nitrogens with zero attached hydrogens (tertiary/aromatic N) is 2. The summed E-state index contributed by atoms with van der Waals surface area (Å²) in [6.07, 6.45) is 0.142. The number of nitrogens with one attached hydrogen (secondary N) is 1. The van der Waals surface area contributed by atoms with Crippen LogP contribution in [0.25, 0.3) is 0 Å². The zero-order chi connectivity index (χ0) is 20.6. The quantitative estimate of drug-likeness (QED) is 0.404. The Morgan fingerprint density at radius 1 is 1.00 bits per heavy atom. The highest BCUT2D eigenvalue weighted by Gasteiger charge is 2.16. The molecule has 9 heteroatoms. The topological polar surface area (TPSA) is 82.6 Å². The fourth-order valence-electron chi connectivity index (χ4n) is 2.62. The highest BCUT2D eigenvalue weighted by Crippen LogP contribution is 2.38. The van der Waals surface area contributed by atoms with Gasteiger partial charge in [0.1, 0.15) is 0 Å². The van der Waals surface area contributed by atoms with Crippen molar-refractivity contribution in [1.82, 2.24) is 10.2 Å². The van der Waals surface area contributed by atoms with Crippen LogP contribution >= 0.6 is 23.1 Å². The van der Waals surface area contributed by atoms with Gasteiger partial charge in [-0.05, 0) is 23.3 Å². The summed E-state index contributed by atoms with van der Waals surface area (Å²) in [5, 5.41) is 11.4. The first-order chi connectivity index (χ1) is 14.1. The van der Waals surface area contributed by atoms with Crippen LogP contribution < -0.4 is 19.5 Å². The van der Waals surface area contributed by atoms with Crippen LogP contribution in [-0.2, 0) is 17.0 Å². The molecule has 0 saturated heterocycles. The average Bonchev–Trinajstić information content (AvgIpc) is 3.19. The molecule has 3 rings (SSSR count). The van der Waals surface area contributed by atoms with Gasteiger partial charge in [0, 0.05) is 5.75 Å². The number of ether oxygens (including phenoxy) is 3. The molecule has 0 atom stereocenters. The van der Waals surface area contributed by atoms with Gasteiger partial charge in [-0.15, -0.1) is 10.2 Å². The lowest BCUT2D eigenvalue weighted by atomic mass is 10.1. The van der Waals surface area contributed by atoms with Gasteiger partial charge in [-0.25, -0.2) is 0 Å². The van der Waals surface area contributed by atoms with Crippen LogP contribution in [0.5, 0.6) is 17.2 Å². The van der Waals surface area contributed by atoms with E-state index in [2.05, 4.69) is 27.6 Å². The van der Waals surface area contributed by atoms with E-state index in [9.17, 15) is 4.79 Å². The van der Waals surface area contributed by atoms with E-state index in [1.54, 1.807) is 23.9 Å². The Bertz CT molecular complexity index is 938. The van der Waals surface area contributed by atoms with Gasteiger partial charge in [0.05, 0.1) is 27.8 Å². The molecule has 0 radical (unpaired) electrons. The van der Waals surface area contributed by atoms with Gasteiger partial charge in [0.25, 0.3) is 0 Å². The second-order valence-corrected chi connectivity index (χ2v) is 8.11. The molecule has 0 bridgehead atoms. The van der Waals surface area contributed by atoms with Gasteiger partial charge in [-0.3, -0.25) is 4.79 Å². The number of hydrogen-bond acceptors (Lipinski definition) is 8. The monoisotopic (exact) mass is 431 g/mol. The maximum atomic E-state index is 12.4. The maximum Gasteiger partial charge on any atom is 0.230 e. The largest absolute Gasteiger partial charge is 0.493 e. The first-order valence-electron chi connectivity index (χ1n) is 8.72. The van der Waals surface area contributed by atoms with Crippen LogP contribution in [0.2, 0.25) is 0 Å². The molecule has 1 N–H and O–H groups in total. The maximum absolute atomic E-state index is 12.4. The minimum atomic E-state index is -0.199. The van der Waals surface area contributed by atoms with E-state index >= 15 is 0 Å². The summed E-state index contributed by atoms with van der Waals surface area (Å²) in [7, 11) is 4.61. The number of benzene rings is 2. The van der Waals surface area contributed by atoms with Crippen molar-refractivity contribution in [2.24, 2.45) is 0 Å². The molecular formula is C20H21N3O4S2. The van der Waals surface area contributed by atoms with Gasteiger partial charge >= 0.3 is 0 Å². The van der Waals surface area contributed by atoms with Crippen LogP contribution in [0, 0.1) is 0 Å². The SMILES string of the molecule is COc1cc(CC(=O)Nc2nnc(SCc3ccccc3)s2)cc(OC)c1OC. The molecule has 3 aromatic rings. The third kappa shape index (κ3) is 5.61. The third-order valence-electron chi connectivity index (χ3n) is 3.95. The number of carbonyl (C=O) groups is 1. The Morgan fingerprint density at radius 3 is 2.31 bits per heavy atom. The number of hydrogen-bond donors (Lipinski definition) is 1. The van der Waals surface area contributed by atoms with E-state index in [0.29, 0.717) is 22.4 Å². The summed E-state index contributed by atoms with van der Waals surface area (Å²) in [4.78, 5) is 12.4. The highest BCUT2D eigenvalue weighted by molar-refractivity contribution is 8.00. The third-order valence-corrected chi connectivity index (χ3v) is 5.99. The number of thioether (sulfide) groups is 1. The average molecular weight is 432 g/mol. The number of amides is 1.